The summed E-state index contributed by atoms with van der Waals surface area (Å²) in [7, 11) is 0. The van der Waals surface area contributed by atoms with E-state index >= 15 is 0 Å². The Morgan fingerprint density at radius 1 is 1.22 bits per heavy atom. The standard InChI is InChI=1S/C13H10F2N2O/c14-8-4-5-10(11(15)6-8)12(18)7-9-2-1-3-13(16)17-9/h1-6H,7H2,(H2,16,17). The van der Waals surface area contributed by atoms with Gasteiger partial charge in [0.15, 0.2) is 5.78 Å². The number of pyridine rings is 1. The molecule has 0 unspecified atom stereocenters. The number of carbonyl (C=O) groups is 1. The van der Waals surface area contributed by atoms with Crippen LogP contribution in [0.4, 0.5) is 14.6 Å². The van der Waals surface area contributed by atoms with Crippen LogP contribution in [0.5, 0.6) is 0 Å². The van der Waals surface area contributed by atoms with Crippen LogP contribution in [0.1, 0.15) is 16.1 Å². The molecule has 0 saturated heterocycles. The lowest BCUT2D eigenvalue weighted by Crippen LogP contribution is -2.08. The van der Waals surface area contributed by atoms with Crippen molar-refractivity contribution in [3.63, 3.8) is 0 Å². The molecule has 2 rings (SSSR count). The number of aromatic nitrogens is 1. The van der Waals surface area contributed by atoms with Crippen molar-refractivity contribution in [3.05, 3.63) is 59.3 Å². The van der Waals surface area contributed by atoms with Crippen molar-refractivity contribution in [2.24, 2.45) is 0 Å². The maximum Gasteiger partial charge on any atom is 0.171 e. The molecule has 0 radical (unpaired) electrons. The van der Waals surface area contributed by atoms with Gasteiger partial charge in [-0.1, -0.05) is 6.07 Å². The third-order valence-corrected chi connectivity index (χ3v) is 2.40. The first-order valence-corrected chi connectivity index (χ1v) is 5.26. The average molecular weight is 248 g/mol. The highest BCUT2D eigenvalue weighted by molar-refractivity contribution is 5.97. The maximum atomic E-state index is 13.4. The van der Waals surface area contributed by atoms with Crippen LogP contribution in [-0.2, 0) is 6.42 Å². The van der Waals surface area contributed by atoms with Crippen molar-refractivity contribution in [1.82, 2.24) is 4.98 Å². The molecule has 1 heterocycles. The van der Waals surface area contributed by atoms with Crippen LogP contribution in [0.3, 0.4) is 0 Å². The monoisotopic (exact) mass is 248 g/mol. The minimum absolute atomic E-state index is 0.0758. The highest BCUT2D eigenvalue weighted by Gasteiger charge is 2.13. The van der Waals surface area contributed by atoms with Crippen LogP contribution in [0, 0.1) is 11.6 Å². The zero-order valence-electron chi connectivity index (χ0n) is 9.36. The summed E-state index contributed by atoms with van der Waals surface area (Å²) in [5.74, 6) is -1.76. The number of hydrogen-bond donors (Lipinski definition) is 1. The summed E-state index contributed by atoms with van der Waals surface area (Å²) in [6, 6.07) is 7.72. The van der Waals surface area contributed by atoms with Crippen LogP contribution in [0.25, 0.3) is 0 Å². The molecule has 0 aliphatic heterocycles. The first-order chi connectivity index (χ1) is 8.56. The van der Waals surface area contributed by atoms with Gasteiger partial charge in [-0.2, -0.15) is 0 Å². The molecule has 0 bridgehead atoms. The minimum Gasteiger partial charge on any atom is -0.384 e. The van der Waals surface area contributed by atoms with Crippen molar-refractivity contribution >= 4 is 11.6 Å². The number of ketones is 1. The molecule has 5 heteroatoms. The summed E-state index contributed by atoms with van der Waals surface area (Å²) in [4.78, 5) is 15.8. The van der Waals surface area contributed by atoms with Crippen LogP contribution >= 0.6 is 0 Å². The van der Waals surface area contributed by atoms with Gasteiger partial charge in [-0.15, -0.1) is 0 Å². The number of nitrogens with two attached hydrogens (primary N) is 1. The Morgan fingerprint density at radius 3 is 2.67 bits per heavy atom. The van der Waals surface area contributed by atoms with Gasteiger partial charge >= 0.3 is 0 Å². The Labute approximate surface area is 102 Å². The van der Waals surface area contributed by atoms with Crippen molar-refractivity contribution in [2.45, 2.75) is 6.42 Å². The smallest absolute Gasteiger partial charge is 0.171 e. The molecule has 18 heavy (non-hydrogen) atoms. The molecule has 0 amide bonds. The quantitative estimate of drug-likeness (QED) is 0.848. The Kier molecular flexibility index (Phi) is 3.32. The zero-order chi connectivity index (χ0) is 13.1. The Morgan fingerprint density at radius 2 is 2.00 bits per heavy atom. The van der Waals surface area contributed by atoms with E-state index in [1.165, 1.54) is 0 Å². The van der Waals surface area contributed by atoms with E-state index in [-0.39, 0.29) is 12.0 Å². The van der Waals surface area contributed by atoms with Gasteiger partial charge in [-0.25, -0.2) is 13.8 Å². The summed E-state index contributed by atoms with van der Waals surface area (Å²) in [5.41, 5.74) is 5.77. The van der Waals surface area contributed by atoms with Crippen molar-refractivity contribution in [1.29, 1.82) is 0 Å². The summed E-state index contributed by atoms with van der Waals surface area (Å²) < 4.78 is 26.1. The zero-order valence-corrected chi connectivity index (χ0v) is 9.36. The number of rotatable bonds is 3. The van der Waals surface area contributed by atoms with E-state index in [0.29, 0.717) is 17.6 Å². The third kappa shape index (κ3) is 2.68. The molecule has 0 spiro atoms. The molecule has 0 fully saturated rings. The highest BCUT2D eigenvalue weighted by Crippen LogP contribution is 2.13. The van der Waals surface area contributed by atoms with Gasteiger partial charge < -0.3 is 5.73 Å². The van der Waals surface area contributed by atoms with Gasteiger partial charge in [0.25, 0.3) is 0 Å². The summed E-state index contributed by atoms with van der Waals surface area (Å²) in [5, 5.41) is 0. The lowest BCUT2D eigenvalue weighted by atomic mass is 10.1. The molecule has 1 aromatic carbocycles. The molecule has 0 saturated carbocycles. The van der Waals surface area contributed by atoms with Gasteiger partial charge in [0.2, 0.25) is 0 Å². The van der Waals surface area contributed by atoms with E-state index in [0.717, 1.165) is 12.1 Å². The molecule has 1 aromatic heterocycles. The molecule has 3 nitrogen and oxygen atoms in total. The average Bonchev–Trinajstić information content (AvgIpc) is 2.28. The van der Waals surface area contributed by atoms with Gasteiger partial charge in [-0.05, 0) is 24.3 Å². The second-order valence-corrected chi connectivity index (χ2v) is 3.78. The number of hydrogen-bond acceptors (Lipinski definition) is 3. The topological polar surface area (TPSA) is 56.0 Å². The molecular weight excluding hydrogens is 238 g/mol. The normalized spacial score (nSPS) is 10.3. The van der Waals surface area contributed by atoms with E-state index in [4.69, 9.17) is 5.73 Å². The number of nitrogens with zero attached hydrogens (tertiary/aromatic N) is 1. The first kappa shape index (κ1) is 12.2. The number of halogens is 2. The summed E-state index contributed by atoms with van der Waals surface area (Å²) >= 11 is 0. The summed E-state index contributed by atoms with van der Waals surface area (Å²) in [6.45, 7) is 0. The highest BCUT2D eigenvalue weighted by atomic mass is 19.1. The van der Waals surface area contributed by atoms with Crippen LogP contribution in [-0.4, -0.2) is 10.8 Å². The lowest BCUT2D eigenvalue weighted by Gasteiger charge is -2.03. The Bertz CT molecular complexity index is 599. The second kappa shape index (κ2) is 4.91. The van der Waals surface area contributed by atoms with E-state index in [9.17, 15) is 13.6 Å². The maximum absolute atomic E-state index is 13.4. The molecule has 2 aromatic rings. The number of benzene rings is 1. The number of carbonyl (C=O) groups excluding carboxylic acids is 1. The Hall–Kier alpha value is -2.30. The molecule has 92 valence electrons. The fourth-order valence-electron chi connectivity index (χ4n) is 1.57. The van der Waals surface area contributed by atoms with Crippen LogP contribution < -0.4 is 5.73 Å². The summed E-state index contributed by atoms with van der Waals surface area (Å²) in [6.07, 6.45) is -0.0758. The van der Waals surface area contributed by atoms with Gasteiger partial charge in [0.05, 0.1) is 17.7 Å². The second-order valence-electron chi connectivity index (χ2n) is 3.78. The minimum atomic E-state index is -0.871. The molecule has 0 aliphatic carbocycles. The van der Waals surface area contributed by atoms with E-state index in [2.05, 4.69) is 4.98 Å². The van der Waals surface area contributed by atoms with Gasteiger partial charge in [-0.3, -0.25) is 4.79 Å². The van der Waals surface area contributed by atoms with Crippen LogP contribution in [0.15, 0.2) is 36.4 Å². The van der Waals surface area contributed by atoms with Gasteiger partial charge in [0, 0.05) is 6.07 Å². The fourth-order valence-corrected chi connectivity index (χ4v) is 1.57. The van der Waals surface area contributed by atoms with E-state index in [1.807, 2.05) is 0 Å². The predicted octanol–water partition coefficient (Wildman–Crippen LogP) is 2.37. The number of anilines is 1. The molecule has 2 N–H and O–H groups in total. The molecular formula is C13H10F2N2O. The number of nitrogen functional groups attached to an aromatic ring is 1. The SMILES string of the molecule is Nc1cccc(CC(=O)c2ccc(F)cc2F)n1. The Balaban J connectivity index is 2.22. The van der Waals surface area contributed by atoms with Gasteiger partial charge in [0.1, 0.15) is 17.5 Å². The van der Waals surface area contributed by atoms with Crippen molar-refractivity contribution in [3.8, 4) is 0 Å². The fraction of sp³-hybridized carbons (Fsp3) is 0.0769. The van der Waals surface area contributed by atoms with Crippen molar-refractivity contribution < 1.29 is 13.6 Å². The lowest BCUT2D eigenvalue weighted by molar-refractivity contribution is 0.0988. The van der Waals surface area contributed by atoms with Crippen molar-refractivity contribution in [2.75, 3.05) is 5.73 Å². The third-order valence-electron chi connectivity index (χ3n) is 2.40. The van der Waals surface area contributed by atoms with E-state index in [1.54, 1.807) is 18.2 Å². The largest absolute Gasteiger partial charge is 0.384 e. The number of Topliss-reactive ketones (excluding diaryl/α,β-unsaturated/α-hetero) is 1. The molecule has 0 atom stereocenters. The van der Waals surface area contributed by atoms with Crippen LogP contribution in [0.2, 0.25) is 0 Å². The van der Waals surface area contributed by atoms with E-state index < -0.39 is 17.4 Å². The first-order valence-electron chi connectivity index (χ1n) is 5.26. The predicted molar refractivity (Wildman–Crippen MR) is 63.0 cm³/mol. The molecule has 0 aliphatic rings.